The molecule has 0 unspecified atom stereocenters. The Morgan fingerprint density at radius 2 is 1.84 bits per heavy atom. The lowest BCUT2D eigenvalue weighted by Crippen LogP contribution is -2.16. The number of fused-ring (bicyclic) bond motifs is 1. The number of carbonyl (C=O) groups excluding carboxylic acids is 1. The van der Waals surface area contributed by atoms with Crippen molar-refractivity contribution in [3.63, 3.8) is 0 Å². The maximum Gasteiger partial charge on any atom is 0.207 e. The topological polar surface area (TPSA) is 30.0 Å². The highest BCUT2D eigenvalue weighted by Crippen LogP contribution is 2.26. The van der Waals surface area contributed by atoms with Gasteiger partial charge in [0, 0.05) is 5.57 Å². The van der Waals surface area contributed by atoms with Crippen LogP contribution in [-0.2, 0) is 6.42 Å². The Morgan fingerprint density at radius 1 is 1.05 bits per heavy atom. The molecule has 1 aliphatic rings. The molecule has 0 amide bonds. The number of hydrogen-bond acceptors (Lipinski definition) is 2. The van der Waals surface area contributed by atoms with Gasteiger partial charge in [-0.3, -0.25) is 4.79 Å². The van der Waals surface area contributed by atoms with Gasteiger partial charge in [0.05, 0.1) is 0 Å². The third-order valence-electron chi connectivity index (χ3n) is 3.26. The molecule has 1 aromatic heterocycles. The number of ketones is 1. The van der Waals surface area contributed by atoms with Gasteiger partial charge in [0.2, 0.25) is 5.78 Å². The molecule has 0 atom stereocenters. The van der Waals surface area contributed by atoms with Crippen LogP contribution >= 0.6 is 15.9 Å². The van der Waals surface area contributed by atoms with Crippen LogP contribution in [0.15, 0.2) is 52.6 Å². The zero-order valence-corrected chi connectivity index (χ0v) is 11.9. The van der Waals surface area contributed by atoms with Crippen molar-refractivity contribution in [2.75, 3.05) is 0 Å². The zero-order chi connectivity index (χ0) is 13.2. The number of pyridine rings is 1. The van der Waals surface area contributed by atoms with Crippen LogP contribution in [0.3, 0.4) is 0 Å². The Hall–Kier alpha value is -1.74. The maximum absolute atomic E-state index is 12.4. The normalized spacial score (nSPS) is 16.5. The van der Waals surface area contributed by atoms with Gasteiger partial charge in [-0.05, 0) is 52.0 Å². The number of aromatic nitrogens is 1. The Balaban J connectivity index is 2.00. The summed E-state index contributed by atoms with van der Waals surface area (Å²) in [5.41, 5.74) is 3.52. The van der Waals surface area contributed by atoms with Crippen molar-refractivity contribution in [3.05, 3.63) is 69.5 Å². The zero-order valence-electron chi connectivity index (χ0n) is 10.3. The van der Waals surface area contributed by atoms with Gasteiger partial charge in [-0.1, -0.05) is 36.4 Å². The van der Waals surface area contributed by atoms with Crippen molar-refractivity contribution >= 4 is 27.8 Å². The first-order valence-electron chi connectivity index (χ1n) is 6.20. The standard InChI is InChI=1S/C16H12BrNO/c17-14-9-8-12-6-7-13(16(19)15(12)18-14)10-11-4-2-1-3-5-11/h1-5,8-10H,6-7H2. The minimum Gasteiger partial charge on any atom is -0.287 e. The predicted molar refractivity (Wildman–Crippen MR) is 79.0 cm³/mol. The third-order valence-corrected chi connectivity index (χ3v) is 3.70. The van der Waals surface area contributed by atoms with Crippen LogP contribution in [0.4, 0.5) is 0 Å². The van der Waals surface area contributed by atoms with E-state index in [1.165, 1.54) is 0 Å². The summed E-state index contributed by atoms with van der Waals surface area (Å²) in [6, 6.07) is 13.8. The number of allylic oxidation sites excluding steroid dienone is 1. The van der Waals surface area contributed by atoms with Crippen LogP contribution in [0.5, 0.6) is 0 Å². The number of halogens is 1. The molecular weight excluding hydrogens is 302 g/mol. The van der Waals surface area contributed by atoms with Crippen LogP contribution in [0.25, 0.3) is 6.08 Å². The van der Waals surface area contributed by atoms with Crippen LogP contribution in [0.2, 0.25) is 0 Å². The molecule has 0 radical (unpaired) electrons. The van der Waals surface area contributed by atoms with Crippen LogP contribution in [-0.4, -0.2) is 10.8 Å². The minimum atomic E-state index is 0.0476. The molecule has 0 spiro atoms. The molecule has 0 bridgehead atoms. The molecule has 0 saturated carbocycles. The number of Topliss-reactive ketones (excluding diaryl/α,β-unsaturated/α-hetero) is 1. The van der Waals surface area contributed by atoms with Crippen LogP contribution in [0, 0.1) is 0 Å². The number of hydrogen-bond donors (Lipinski definition) is 0. The summed E-state index contributed by atoms with van der Waals surface area (Å²) in [6.07, 6.45) is 3.62. The van der Waals surface area contributed by atoms with Crippen molar-refractivity contribution in [1.29, 1.82) is 0 Å². The minimum absolute atomic E-state index is 0.0476. The smallest absolute Gasteiger partial charge is 0.207 e. The molecule has 0 N–H and O–H groups in total. The summed E-state index contributed by atoms with van der Waals surface area (Å²) < 4.78 is 0.709. The lowest BCUT2D eigenvalue weighted by molar-refractivity contribution is 0.102. The van der Waals surface area contributed by atoms with E-state index in [2.05, 4.69) is 20.9 Å². The van der Waals surface area contributed by atoms with E-state index in [1.54, 1.807) is 0 Å². The van der Waals surface area contributed by atoms with Gasteiger partial charge < -0.3 is 0 Å². The second-order valence-electron chi connectivity index (χ2n) is 4.55. The lowest BCUT2D eigenvalue weighted by atomic mass is 9.89. The van der Waals surface area contributed by atoms with Crippen molar-refractivity contribution in [3.8, 4) is 0 Å². The predicted octanol–water partition coefficient (Wildman–Crippen LogP) is 4.06. The van der Waals surface area contributed by atoms with Gasteiger partial charge in [0.15, 0.2) is 0 Å². The van der Waals surface area contributed by atoms with Gasteiger partial charge in [0.1, 0.15) is 10.3 Å². The summed E-state index contributed by atoms with van der Waals surface area (Å²) in [4.78, 5) is 16.7. The van der Waals surface area contributed by atoms with Crippen molar-refractivity contribution in [2.45, 2.75) is 12.8 Å². The number of aryl methyl sites for hydroxylation is 1. The van der Waals surface area contributed by atoms with Crippen molar-refractivity contribution < 1.29 is 4.79 Å². The molecule has 94 valence electrons. The number of rotatable bonds is 1. The SMILES string of the molecule is O=C1C(=Cc2ccccc2)CCc2ccc(Br)nc21. The highest BCUT2D eigenvalue weighted by atomic mass is 79.9. The first-order chi connectivity index (χ1) is 9.24. The van der Waals surface area contributed by atoms with Gasteiger partial charge in [-0.25, -0.2) is 4.98 Å². The summed E-state index contributed by atoms with van der Waals surface area (Å²) in [7, 11) is 0. The van der Waals surface area contributed by atoms with Crippen LogP contribution < -0.4 is 0 Å². The molecule has 1 heterocycles. The first kappa shape index (κ1) is 12.3. The van der Waals surface area contributed by atoms with E-state index in [1.807, 2.05) is 48.5 Å². The van der Waals surface area contributed by atoms with E-state index in [-0.39, 0.29) is 5.78 Å². The van der Waals surface area contributed by atoms with Crippen molar-refractivity contribution in [2.24, 2.45) is 0 Å². The Labute approximate surface area is 120 Å². The van der Waals surface area contributed by atoms with E-state index in [0.29, 0.717) is 10.3 Å². The summed E-state index contributed by atoms with van der Waals surface area (Å²) >= 11 is 3.32. The quantitative estimate of drug-likeness (QED) is 0.587. The van der Waals surface area contributed by atoms with Gasteiger partial charge in [0.25, 0.3) is 0 Å². The molecule has 2 nitrogen and oxygen atoms in total. The van der Waals surface area contributed by atoms with E-state index < -0.39 is 0 Å². The highest BCUT2D eigenvalue weighted by molar-refractivity contribution is 9.10. The van der Waals surface area contributed by atoms with E-state index in [4.69, 9.17) is 0 Å². The number of carbonyl (C=O) groups is 1. The largest absolute Gasteiger partial charge is 0.287 e. The lowest BCUT2D eigenvalue weighted by Gasteiger charge is -2.16. The monoisotopic (exact) mass is 313 g/mol. The molecule has 1 aromatic carbocycles. The fourth-order valence-electron chi connectivity index (χ4n) is 2.29. The molecular formula is C16H12BrNO. The molecule has 2 aromatic rings. The van der Waals surface area contributed by atoms with E-state index >= 15 is 0 Å². The summed E-state index contributed by atoms with van der Waals surface area (Å²) in [6.45, 7) is 0. The molecule has 0 aliphatic heterocycles. The van der Waals surface area contributed by atoms with Crippen molar-refractivity contribution in [1.82, 2.24) is 4.98 Å². The number of nitrogens with zero attached hydrogens (tertiary/aromatic N) is 1. The Kier molecular flexibility index (Phi) is 3.30. The van der Waals surface area contributed by atoms with E-state index in [9.17, 15) is 4.79 Å². The van der Waals surface area contributed by atoms with Crippen LogP contribution in [0.1, 0.15) is 28.0 Å². The molecule has 0 saturated heterocycles. The van der Waals surface area contributed by atoms with E-state index in [0.717, 1.165) is 29.5 Å². The second-order valence-corrected chi connectivity index (χ2v) is 5.36. The Morgan fingerprint density at radius 3 is 2.63 bits per heavy atom. The van der Waals surface area contributed by atoms with Gasteiger partial charge >= 0.3 is 0 Å². The highest BCUT2D eigenvalue weighted by Gasteiger charge is 2.23. The molecule has 1 aliphatic carbocycles. The maximum atomic E-state index is 12.4. The molecule has 3 rings (SSSR count). The molecule has 3 heteroatoms. The average Bonchev–Trinajstić information content (AvgIpc) is 2.44. The fraction of sp³-hybridized carbons (Fsp3) is 0.125. The Bertz CT molecular complexity index is 662. The van der Waals surface area contributed by atoms with Gasteiger partial charge in [-0.2, -0.15) is 0 Å². The molecule has 0 fully saturated rings. The second kappa shape index (κ2) is 5.10. The van der Waals surface area contributed by atoms with Gasteiger partial charge in [-0.15, -0.1) is 0 Å². The summed E-state index contributed by atoms with van der Waals surface area (Å²) in [5.74, 6) is 0.0476. The third kappa shape index (κ3) is 2.51. The number of benzene rings is 1. The fourth-order valence-corrected chi connectivity index (χ4v) is 2.60. The first-order valence-corrected chi connectivity index (χ1v) is 6.99. The summed E-state index contributed by atoms with van der Waals surface area (Å²) in [5, 5.41) is 0. The molecule has 19 heavy (non-hydrogen) atoms. The average molecular weight is 314 g/mol.